The molecule has 0 spiro atoms. The maximum Gasteiger partial charge on any atom is 0.167 e. The molecule has 2 N–H and O–H groups in total. The lowest BCUT2D eigenvalue weighted by Gasteiger charge is -2.47. The van der Waals surface area contributed by atoms with Crippen molar-refractivity contribution < 1.29 is 4.79 Å². The van der Waals surface area contributed by atoms with Crippen LogP contribution in [0.3, 0.4) is 0 Å². The number of nitrogens with one attached hydrogen (secondary N) is 2. The fraction of sp³-hybridized carbons (Fsp3) is 0.500. The van der Waals surface area contributed by atoms with Crippen LogP contribution in [0.25, 0.3) is 0 Å². The summed E-state index contributed by atoms with van der Waals surface area (Å²) < 4.78 is 0. The van der Waals surface area contributed by atoms with E-state index in [1.807, 2.05) is 18.2 Å². The largest absolute Gasteiger partial charge is 0.359 e. The minimum atomic E-state index is -0.0304. The third-order valence-corrected chi connectivity index (χ3v) is 4.59. The molecule has 0 unspecified atom stereocenters. The number of thiocarbonyl (C=S) groups is 1. The molecule has 3 atom stereocenters. The first kappa shape index (κ1) is 13.6. The van der Waals surface area contributed by atoms with Gasteiger partial charge in [0.25, 0.3) is 0 Å². The molecule has 1 aromatic rings. The average Bonchev–Trinajstić information content (AvgIpc) is 2.36. The number of rotatable bonds is 1. The molecule has 0 aromatic heterocycles. The maximum atomic E-state index is 12.6. The van der Waals surface area contributed by atoms with E-state index >= 15 is 0 Å². The van der Waals surface area contributed by atoms with Crippen molar-refractivity contribution in [3.8, 4) is 0 Å². The van der Waals surface area contributed by atoms with Crippen molar-refractivity contribution in [2.24, 2.45) is 11.3 Å². The van der Waals surface area contributed by atoms with E-state index in [4.69, 9.17) is 12.2 Å². The van der Waals surface area contributed by atoms with Gasteiger partial charge in [0, 0.05) is 12.5 Å². The molecule has 0 amide bonds. The molecule has 3 rings (SSSR count). The summed E-state index contributed by atoms with van der Waals surface area (Å²) in [6.45, 7) is 4.32. The van der Waals surface area contributed by atoms with Gasteiger partial charge in [-0.15, -0.1) is 0 Å². The molecule has 0 bridgehead atoms. The van der Waals surface area contributed by atoms with Crippen molar-refractivity contribution in [1.29, 1.82) is 0 Å². The van der Waals surface area contributed by atoms with Crippen LogP contribution >= 0.6 is 12.2 Å². The van der Waals surface area contributed by atoms with E-state index in [9.17, 15) is 4.79 Å². The van der Waals surface area contributed by atoms with E-state index in [0.717, 1.165) is 12.0 Å². The van der Waals surface area contributed by atoms with E-state index in [0.29, 0.717) is 17.3 Å². The predicted octanol–water partition coefficient (Wildman–Crippen LogP) is 2.58. The molecule has 4 heteroatoms. The molecular formula is C16H20N2OS. The lowest BCUT2D eigenvalue weighted by molar-refractivity contribution is -0.130. The van der Waals surface area contributed by atoms with Crippen LogP contribution in [0, 0.1) is 11.3 Å². The Balaban J connectivity index is 1.95. The Labute approximate surface area is 125 Å². The number of Topliss-reactive ketones (excluding diaryl/α,β-unsaturated/α-hetero) is 1. The van der Waals surface area contributed by atoms with Gasteiger partial charge >= 0.3 is 0 Å². The van der Waals surface area contributed by atoms with Gasteiger partial charge in [-0.3, -0.25) is 4.79 Å². The summed E-state index contributed by atoms with van der Waals surface area (Å²) in [6.07, 6.45) is 1.63. The maximum absolute atomic E-state index is 12.6. The van der Waals surface area contributed by atoms with Crippen molar-refractivity contribution >= 4 is 23.1 Å². The van der Waals surface area contributed by atoms with E-state index in [1.54, 1.807) is 0 Å². The van der Waals surface area contributed by atoms with Crippen LogP contribution in [0.4, 0.5) is 0 Å². The molecule has 0 radical (unpaired) electrons. The number of carbonyl (C=O) groups excluding carboxylic acids is 1. The summed E-state index contributed by atoms with van der Waals surface area (Å²) in [5.41, 5.74) is 1.19. The van der Waals surface area contributed by atoms with Crippen LogP contribution in [0.2, 0.25) is 0 Å². The Morgan fingerprint density at radius 3 is 2.60 bits per heavy atom. The molecule has 20 heavy (non-hydrogen) atoms. The summed E-state index contributed by atoms with van der Waals surface area (Å²) >= 11 is 5.33. The van der Waals surface area contributed by atoms with Gasteiger partial charge < -0.3 is 10.6 Å². The molecule has 1 heterocycles. The SMILES string of the molecule is CC1(C)CC(=O)[C@@H]2[C@@H](C1)NC(=S)N[C@H]2c1ccccc1. The third kappa shape index (κ3) is 2.44. The van der Waals surface area contributed by atoms with Crippen molar-refractivity contribution in [2.75, 3.05) is 0 Å². The second-order valence-corrected chi connectivity index (χ2v) is 7.06. The van der Waals surface area contributed by atoms with Gasteiger partial charge in [0.05, 0.1) is 12.0 Å². The first-order valence-electron chi connectivity index (χ1n) is 7.11. The lowest BCUT2D eigenvalue weighted by atomic mass is 9.66. The molecule has 1 saturated carbocycles. The average molecular weight is 288 g/mol. The van der Waals surface area contributed by atoms with Crippen molar-refractivity contribution in [3.63, 3.8) is 0 Å². The summed E-state index contributed by atoms with van der Waals surface area (Å²) in [5, 5.41) is 7.25. The van der Waals surface area contributed by atoms with E-state index < -0.39 is 0 Å². The minimum absolute atomic E-state index is 0.00134. The minimum Gasteiger partial charge on any atom is -0.359 e. The first-order valence-corrected chi connectivity index (χ1v) is 7.52. The third-order valence-electron chi connectivity index (χ3n) is 4.35. The second-order valence-electron chi connectivity index (χ2n) is 6.65. The highest BCUT2D eigenvalue weighted by atomic mass is 32.1. The number of carbonyl (C=O) groups is 1. The summed E-state index contributed by atoms with van der Waals surface area (Å²) in [7, 11) is 0. The molecule has 1 aliphatic heterocycles. The molecule has 1 aromatic carbocycles. The van der Waals surface area contributed by atoms with Gasteiger partial charge in [0.2, 0.25) is 0 Å². The summed E-state index contributed by atoms with van der Waals surface area (Å²) in [6, 6.07) is 10.3. The standard InChI is InChI=1S/C16H20N2OS/c1-16(2)8-11-13(12(19)9-16)14(18-15(20)17-11)10-6-4-3-5-7-10/h3-7,11,13-14H,8-9H2,1-2H3,(H2,17,18,20)/t11-,13+,14+/m1/s1. The van der Waals surface area contributed by atoms with Gasteiger partial charge in [-0.2, -0.15) is 0 Å². The number of ketones is 1. The molecular weight excluding hydrogens is 268 g/mol. The molecule has 2 aliphatic rings. The Bertz CT molecular complexity index is 541. The first-order chi connectivity index (χ1) is 9.46. The highest BCUT2D eigenvalue weighted by Gasteiger charge is 2.47. The zero-order chi connectivity index (χ0) is 14.3. The second kappa shape index (κ2) is 4.85. The molecule has 106 valence electrons. The summed E-state index contributed by atoms with van der Waals surface area (Å²) in [4.78, 5) is 12.6. The monoisotopic (exact) mass is 288 g/mol. The molecule has 3 nitrogen and oxygen atoms in total. The van der Waals surface area contributed by atoms with Crippen LogP contribution in [0.15, 0.2) is 30.3 Å². The Morgan fingerprint density at radius 2 is 1.90 bits per heavy atom. The normalized spacial score (nSPS) is 32.0. The van der Waals surface area contributed by atoms with Crippen molar-refractivity contribution in [1.82, 2.24) is 10.6 Å². The molecule has 1 aliphatic carbocycles. The van der Waals surface area contributed by atoms with Gasteiger partial charge in [-0.25, -0.2) is 0 Å². The zero-order valence-electron chi connectivity index (χ0n) is 11.8. The van der Waals surface area contributed by atoms with E-state index in [2.05, 4.69) is 36.6 Å². The number of hydrogen-bond donors (Lipinski definition) is 2. The topological polar surface area (TPSA) is 41.1 Å². The number of fused-ring (bicyclic) bond motifs is 1. The number of benzene rings is 1. The number of hydrogen-bond acceptors (Lipinski definition) is 2. The van der Waals surface area contributed by atoms with E-state index in [-0.39, 0.29) is 23.4 Å². The van der Waals surface area contributed by atoms with Gasteiger partial charge in [-0.1, -0.05) is 44.2 Å². The quantitative estimate of drug-likeness (QED) is 0.779. The van der Waals surface area contributed by atoms with Crippen LogP contribution in [-0.4, -0.2) is 16.9 Å². The Morgan fingerprint density at radius 1 is 1.20 bits per heavy atom. The van der Waals surface area contributed by atoms with Crippen LogP contribution < -0.4 is 10.6 Å². The van der Waals surface area contributed by atoms with Gasteiger partial charge in [-0.05, 0) is 29.6 Å². The van der Waals surface area contributed by atoms with E-state index in [1.165, 1.54) is 0 Å². The lowest BCUT2D eigenvalue weighted by Crippen LogP contribution is -2.61. The van der Waals surface area contributed by atoms with Crippen LogP contribution in [0.5, 0.6) is 0 Å². The fourth-order valence-corrected chi connectivity index (χ4v) is 3.84. The van der Waals surface area contributed by atoms with Gasteiger partial charge in [0.15, 0.2) is 5.11 Å². The fourth-order valence-electron chi connectivity index (χ4n) is 3.56. The predicted molar refractivity (Wildman–Crippen MR) is 83.4 cm³/mol. The van der Waals surface area contributed by atoms with Crippen molar-refractivity contribution in [2.45, 2.75) is 38.8 Å². The summed E-state index contributed by atoms with van der Waals surface area (Å²) in [5.74, 6) is 0.305. The van der Waals surface area contributed by atoms with Crippen molar-refractivity contribution in [3.05, 3.63) is 35.9 Å². The Hall–Kier alpha value is -1.42. The highest BCUT2D eigenvalue weighted by molar-refractivity contribution is 7.80. The van der Waals surface area contributed by atoms with Crippen LogP contribution in [0.1, 0.15) is 38.3 Å². The smallest absolute Gasteiger partial charge is 0.167 e. The molecule has 1 saturated heterocycles. The Kier molecular flexibility index (Phi) is 3.28. The highest BCUT2D eigenvalue weighted by Crippen LogP contribution is 2.42. The van der Waals surface area contributed by atoms with Gasteiger partial charge in [0.1, 0.15) is 5.78 Å². The van der Waals surface area contributed by atoms with Crippen LogP contribution in [-0.2, 0) is 4.79 Å². The molecule has 2 fully saturated rings. The zero-order valence-corrected chi connectivity index (χ0v) is 12.7.